The summed E-state index contributed by atoms with van der Waals surface area (Å²) in [4.78, 5) is 12.0. The van der Waals surface area contributed by atoms with Gasteiger partial charge in [-0.3, -0.25) is 0 Å². The first-order valence-electron chi connectivity index (χ1n) is 7.98. The molecule has 2 nitrogen and oxygen atoms in total. The molecule has 0 aliphatic rings. The highest BCUT2D eigenvalue weighted by molar-refractivity contribution is 5.88. The molecular weight excluding hydrogens is 236 g/mol. The number of rotatable bonds is 11. The van der Waals surface area contributed by atoms with E-state index >= 15 is 0 Å². The summed E-state index contributed by atoms with van der Waals surface area (Å²) in [6.45, 7) is 13.2. The fraction of sp³-hybridized carbons (Fsp3) is 0.824. The van der Waals surface area contributed by atoms with E-state index in [4.69, 9.17) is 4.74 Å². The Labute approximate surface area is 119 Å². The second-order valence-electron chi connectivity index (χ2n) is 5.34. The second kappa shape index (κ2) is 11.1. The summed E-state index contributed by atoms with van der Waals surface area (Å²) in [5.41, 5.74) is 0.682. The fourth-order valence-electron chi connectivity index (χ4n) is 2.57. The first-order valence-corrected chi connectivity index (χ1v) is 7.98. The first-order chi connectivity index (χ1) is 9.12. The minimum atomic E-state index is -0.185. The molecule has 0 saturated heterocycles. The zero-order chi connectivity index (χ0) is 14.7. The Balaban J connectivity index is 4.45. The zero-order valence-corrected chi connectivity index (χ0v) is 13.3. The maximum atomic E-state index is 12.0. The molecule has 2 atom stereocenters. The minimum absolute atomic E-state index is 0.185. The molecule has 0 bridgehead atoms. The predicted molar refractivity (Wildman–Crippen MR) is 82.1 cm³/mol. The molecule has 0 aromatic carbocycles. The molecule has 0 rings (SSSR count). The third-order valence-electron chi connectivity index (χ3n) is 3.90. The van der Waals surface area contributed by atoms with Crippen molar-refractivity contribution in [1.29, 1.82) is 0 Å². The number of carbonyl (C=O) groups is 1. The monoisotopic (exact) mass is 268 g/mol. The van der Waals surface area contributed by atoms with Crippen molar-refractivity contribution in [2.24, 2.45) is 11.8 Å². The summed E-state index contributed by atoms with van der Waals surface area (Å²) < 4.78 is 5.29. The van der Waals surface area contributed by atoms with Gasteiger partial charge in [0.1, 0.15) is 0 Å². The van der Waals surface area contributed by atoms with Crippen LogP contribution in [0.3, 0.4) is 0 Å². The maximum absolute atomic E-state index is 12.0. The molecule has 0 fully saturated rings. The van der Waals surface area contributed by atoms with Gasteiger partial charge in [-0.25, -0.2) is 4.79 Å². The van der Waals surface area contributed by atoms with Gasteiger partial charge >= 0.3 is 5.97 Å². The number of ether oxygens (including phenoxy) is 1. The lowest BCUT2D eigenvalue weighted by Gasteiger charge is -2.26. The van der Waals surface area contributed by atoms with Crippen molar-refractivity contribution < 1.29 is 9.53 Å². The second-order valence-corrected chi connectivity index (χ2v) is 5.34. The van der Waals surface area contributed by atoms with Gasteiger partial charge in [-0.2, -0.15) is 0 Å². The van der Waals surface area contributed by atoms with Crippen LogP contribution in [0.5, 0.6) is 0 Å². The molecular formula is C17H32O2. The van der Waals surface area contributed by atoms with E-state index in [0.717, 1.165) is 25.7 Å². The number of hydrogen-bond acceptors (Lipinski definition) is 2. The molecule has 0 saturated carbocycles. The lowest BCUT2D eigenvalue weighted by atomic mass is 9.80. The van der Waals surface area contributed by atoms with Gasteiger partial charge in [0.15, 0.2) is 0 Å². The Bertz CT molecular complexity index is 258. The number of hydrogen-bond donors (Lipinski definition) is 0. The molecule has 0 spiro atoms. The highest BCUT2D eigenvalue weighted by atomic mass is 16.5. The van der Waals surface area contributed by atoms with Crippen LogP contribution in [0.25, 0.3) is 0 Å². The minimum Gasteiger partial charge on any atom is -0.462 e. The van der Waals surface area contributed by atoms with Crippen molar-refractivity contribution in [1.82, 2.24) is 0 Å². The standard InChI is InChI=1S/C17H32O2/c1-6-10-12-15(8-3)16(9-4)14(5)17(18)19-13-11-7-2/h15-16H,5-13H2,1-4H3. The van der Waals surface area contributed by atoms with Gasteiger partial charge in [0.2, 0.25) is 0 Å². The van der Waals surface area contributed by atoms with Gasteiger partial charge in [0.05, 0.1) is 6.61 Å². The average Bonchev–Trinajstić information content (AvgIpc) is 2.42. The molecule has 0 amide bonds. The molecule has 2 heteroatoms. The first kappa shape index (κ1) is 18.2. The van der Waals surface area contributed by atoms with Gasteiger partial charge in [0.25, 0.3) is 0 Å². The quantitative estimate of drug-likeness (QED) is 0.295. The number of esters is 1. The largest absolute Gasteiger partial charge is 0.462 e. The highest BCUT2D eigenvalue weighted by Crippen LogP contribution is 2.30. The van der Waals surface area contributed by atoms with Crippen molar-refractivity contribution in [2.75, 3.05) is 6.61 Å². The summed E-state index contributed by atoms with van der Waals surface area (Å²) in [6, 6.07) is 0. The molecule has 19 heavy (non-hydrogen) atoms. The van der Waals surface area contributed by atoms with Crippen LogP contribution >= 0.6 is 0 Å². The number of unbranched alkanes of at least 4 members (excludes halogenated alkanes) is 2. The van der Waals surface area contributed by atoms with E-state index in [1.807, 2.05) is 0 Å². The van der Waals surface area contributed by atoms with E-state index in [2.05, 4.69) is 34.3 Å². The third kappa shape index (κ3) is 6.79. The van der Waals surface area contributed by atoms with Gasteiger partial charge in [-0.05, 0) is 31.1 Å². The highest BCUT2D eigenvalue weighted by Gasteiger charge is 2.25. The molecule has 0 radical (unpaired) electrons. The van der Waals surface area contributed by atoms with Crippen molar-refractivity contribution in [3.63, 3.8) is 0 Å². The molecule has 0 aromatic rings. The molecule has 0 heterocycles. The van der Waals surface area contributed by atoms with Crippen LogP contribution in [0.1, 0.15) is 72.6 Å². The topological polar surface area (TPSA) is 26.3 Å². The van der Waals surface area contributed by atoms with Crippen LogP contribution < -0.4 is 0 Å². The van der Waals surface area contributed by atoms with Gasteiger partial charge < -0.3 is 4.74 Å². The molecule has 0 aliphatic carbocycles. The van der Waals surface area contributed by atoms with Crippen molar-refractivity contribution in [2.45, 2.75) is 72.6 Å². The summed E-state index contributed by atoms with van der Waals surface area (Å²) in [5.74, 6) is 0.664. The lowest BCUT2D eigenvalue weighted by molar-refractivity contribution is -0.140. The third-order valence-corrected chi connectivity index (χ3v) is 3.90. The molecule has 0 N–H and O–H groups in total. The van der Waals surface area contributed by atoms with Crippen LogP contribution in [0, 0.1) is 11.8 Å². The summed E-state index contributed by atoms with van der Waals surface area (Å²) >= 11 is 0. The summed E-state index contributed by atoms with van der Waals surface area (Å²) in [6.07, 6.45) is 7.69. The van der Waals surface area contributed by atoms with Gasteiger partial charge in [-0.15, -0.1) is 0 Å². The Hall–Kier alpha value is -0.790. The zero-order valence-electron chi connectivity index (χ0n) is 13.3. The van der Waals surface area contributed by atoms with Crippen molar-refractivity contribution >= 4 is 5.97 Å². The smallest absolute Gasteiger partial charge is 0.333 e. The van der Waals surface area contributed by atoms with Crippen LogP contribution in [0.4, 0.5) is 0 Å². The van der Waals surface area contributed by atoms with Crippen LogP contribution in [-0.4, -0.2) is 12.6 Å². The van der Waals surface area contributed by atoms with E-state index in [9.17, 15) is 4.79 Å². The fourth-order valence-corrected chi connectivity index (χ4v) is 2.57. The van der Waals surface area contributed by atoms with E-state index in [1.54, 1.807) is 0 Å². The van der Waals surface area contributed by atoms with Crippen molar-refractivity contribution in [3.05, 3.63) is 12.2 Å². The number of carbonyl (C=O) groups excluding carboxylic acids is 1. The molecule has 0 aliphatic heterocycles. The van der Waals surface area contributed by atoms with Crippen molar-refractivity contribution in [3.8, 4) is 0 Å². The Morgan fingerprint density at radius 1 is 1.05 bits per heavy atom. The summed E-state index contributed by atoms with van der Waals surface area (Å²) in [7, 11) is 0. The molecule has 2 unspecified atom stereocenters. The van der Waals surface area contributed by atoms with Crippen LogP contribution in [-0.2, 0) is 9.53 Å². The Morgan fingerprint density at radius 2 is 1.68 bits per heavy atom. The van der Waals surface area contributed by atoms with E-state index in [-0.39, 0.29) is 11.9 Å². The van der Waals surface area contributed by atoms with E-state index in [1.165, 1.54) is 19.3 Å². The summed E-state index contributed by atoms with van der Waals surface area (Å²) in [5, 5.41) is 0. The normalized spacial score (nSPS) is 13.9. The van der Waals surface area contributed by atoms with E-state index < -0.39 is 0 Å². The van der Waals surface area contributed by atoms with Crippen LogP contribution in [0.15, 0.2) is 12.2 Å². The maximum Gasteiger partial charge on any atom is 0.333 e. The van der Waals surface area contributed by atoms with Gasteiger partial charge in [0, 0.05) is 5.57 Å². The van der Waals surface area contributed by atoms with E-state index in [0.29, 0.717) is 18.1 Å². The Morgan fingerprint density at radius 3 is 2.16 bits per heavy atom. The molecule has 112 valence electrons. The Kier molecular flexibility index (Phi) is 10.6. The average molecular weight is 268 g/mol. The molecule has 0 aromatic heterocycles. The van der Waals surface area contributed by atoms with Crippen LogP contribution in [0.2, 0.25) is 0 Å². The lowest BCUT2D eigenvalue weighted by Crippen LogP contribution is -2.22. The van der Waals surface area contributed by atoms with Gasteiger partial charge in [-0.1, -0.05) is 60.0 Å². The predicted octanol–water partition coefficient (Wildman–Crippen LogP) is 5.13. The SMILES string of the molecule is C=C(C(=O)OCCCC)C(CC)C(CC)CCCC.